The predicted octanol–water partition coefficient (Wildman–Crippen LogP) is 2.43. The molecule has 8 heteroatoms. The molecule has 0 saturated heterocycles. The summed E-state index contributed by atoms with van der Waals surface area (Å²) in [6.45, 7) is 0.534. The largest absolute Gasteiger partial charge is 0.351 e. The summed E-state index contributed by atoms with van der Waals surface area (Å²) in [7, 11) is 1.57. The zero-order chi connectivity index (χ0) is 15.3. The lowest BCUT2D eigenvalue weighted by Gasteiger charge is -2.04. The number of benzene rings is 1. The molecule has 5 nitrogen and oxygen atoms in total. The maximum absolute atomic E-state index is 11.6. The summed E-state index contributed by atoms with van der Waals surface area (Å²) in [4.78, 5) is 15.6. The molecule has 1 heterocycles. The first-order valence-electron chi connectivity index (χ1n) is 6.17. The van der Waals surface area contributed by atoms with E-state index in [1.807, 2.05) is 0 Å². The van der Waals surface area contributed by atoms with Gasteiger partial charge >= 0.3 is 0 Å². The van der Waals surface area contributed by atoms with Crippen molar-refractivity contribution < 1.29 is 13.2 Å². The molecule has 112 valence electrons. The maximum atomic E-state index is 11.6. The molecule has 2 rings (SSSR count). The van der Waals surface area contributed by atoms with Gasteiger partial charge in [0.05, 0.1) is 10.4 Å². The van der Waals surface area contributed by atoms with E-state index in [9.17, 15) is 13.2 Å². The van der Waals surface area contributed by atoms with E-state index in [4.69, 9.17) is 10.7 Å². The Kier molecular flexibility index (Phi) is 5.33. The van der Waals surface area contributed by atoms with Gasteiger partial charge in [0.25, 0.3) is 15.0 Å². The normalized spacial score (nSPS) is 11.3. The Morgan fingerprint density at radius 3 is 2.57 bits per heavy atom. The molecule has 0 saturated carbocycles. The molecule has 0 spiro atoms. The minimum absolute atomic E-state index is 0.0877. The van der Waals surface area contributed by atoms with Crippen molar-refractivity contribution >= 4 is 37.0 Å². The van der Waals surface area contributed by atoms with E-state index in [2.05, 4.69) is 10.3 Å². The van der Waals surface area contributed by atoms with Gasteiger partial charge in [0, 0.05) is 22.6 Å². The van der Waals surface area contributed by atoms with Crippen LogP contribution in [-0.4, -0.2) is 25.9 Å². The Balaban J connectivity index is 1.78. The van der Waals surface area contributed by atoms with Gasteiger partial charge in [0.15, 0.2) is 0 Å². The fraction of sp³-hybridized carbons (Fsp3) is 0.231. The van der Waals surface area contributed by atoms with Crippen molar-refractivity contribution in [3.63, 3.8) is 0 Å². The molecule has 0 atom stereocenters. The Bertz CT molecular complexity index is 698. The summed E-state index contributed by atoms with van der Waals surface area (Å²) in [5.41, 5.74) is 3.03. The number of carbonyl (C=O) groups is 1. The van der Waals surface area contributed by atoms with Gasteiger partial charge in [-0.05, 0) is 30.5 Å². The molecular weight excluding hydrogens is 332 g/mol. The third kappa shape index (κ3) is 4.80. The number of aromatic nitrogens is 1. The van der Waals surface area contributed by atoms with Gasteiger partial charge in [-0.15, -0.1) is 11.3 Å². The van der Waals surface area contributed by atoms with Crippen molar-refractivity contribution in [2.75, 3.05) is 6.54 Å². The van der Waals surface area contributed by atoms with Crippen LogP contribution in [0.25, 0.3) is 0 Å². The third-order valence-corrected chi connectivity index (χ3v) is 4.75. The Morgan fingerprint density at radius 2 is 2.00 bits per heavy atom. The van der Waals surface area contributed by atoms with Gasteiger partial charge in [0.1, 0.15) is 5.69 Å². The summed E-state index contributed by atoms with van der Waals surface area (Å²) < 4.78 is 22.2. The molecule has 0 unspecified atom stereocenters. The fourth-order valence-corrected chi connectivity index (χ4v) is 3.03. The van der Waals surface area contributed by atoms with E-state index in [0.717, 1.165) is 18.4 Å². The number of carbonyl (C=O) groups excluding carboxylic acids is 1. The van der Waals surface area contributed by atoms with Crippen LogP contribution < -0.4 is 5.32 Å². The average molecular weight is 345 g/mol. The molecule has 0 radical (unpaired) electrons. The van der Waals surface area contributed by atoms with Gasteiger partial charge in [-0.1, -0.05) is 12.1 Å². The molecule has 0 aliphatic carbocycles. The Morgan fingerprint density at radius 1 is 1.29 bits per heavy atom. The number of nitrogens with zero attached hydrogens (tertiary/aromatic N) is 1. The van der Waals surface area contributed by atoms with E-state index in [0.29, 0.717) is 12.2 Å². The molecule has 2 aromatic rings. The Labute approximate surface area is 131 Å². The van der Waals surface area contributed by atoms with Gasteiger partial charge in [-0.25, -0.2) is 13.4 Å². The van der Waals surface area contributed by atoms with E-state index < -0.39 is 9.05 Å². The summed E-state index contributed by atoms with van der Waals surface area (Å²) in [6, 6.07) is 6.39. The summed E-state index contributed by atoms with van der Waals surface area (Å²) >= 11 is 1.38. The highest BCUT2D eigenvalue weighted by Gasteiger charge is 2.09. The number of hydrogen-bond acceptors (Lipinski definition) is 5. The second-order valence-electron chi connectivity index (χ2n) is 4.31. The molecule has 0 aliphatic heterocycles. The van der Waals surface area contributed by atoms with Crippen LogP contribution in [0.15, 0.2) is 40.1 Å². The van der Waals surface area contributed by atoms with Gasteiger partial charge in [-0.2, -0.15) is 0 Å². The first kappa shape index (κ1) is 15.9. The lowest BCUT2D eigenvalue weighted by Crippen LogP contribution is -2.24. The first-order valence-corrected chi connectivity index (χ1v) is 9.42. The predicted molar refractivity (Wildman–Crippen MR) is 82.2 cm³/mol. The highest BCUT2D eigenvalue weighted by Crippen LogP contribution is 2.15. The van der Waals surface area contributed by atoms with Crippen LogP contribution in [0.3, 0.4) is 0 Å². The molecular formula is C13H13ClN2O3S2. The number of rotatable bonds is 6. The molecule has 1 amide bonds. The van der Waals surface area contributed by atoms with Crippen molar-refractivity contribution in [3.05, 3.63) is 46.4 Å². The van der Waals surface area contributed by atoms with Crippen LogP contribution in [0.5, 0.6) is 0 Å². The molecule has 21 heavy (non-hydrogen) atoms. The number of hydrogen-bond donors (Lipinski definition) is 1. The average Bonchev–Trinajstić information content (AvgIpc) is 2.97. The SMILES string of the molecule is O=C(NCCCc1ccc(S(=O)(=O)Cl)cc1)c1cscn1. The highest BCUT2D eigenvalue weighted by molar-refractivity contribution is 8.13. The lowest BCUT2D eigenvalue weighted by molar-refractivity contribution is 0.0949. The Hall–Kier alpha value is -1.44. The van der Waals surface area contributed by atoms with Crippen molar-refractivity contribution in [1.82, 2.24) is 10.3 Å². The second-order valence-corrected chi connectivity index (χ2v) is 7.60. The van der Waals surface area contributed by atoms with Crippen molar-refractivity contribution in [1.29, 1.82) is 0 Å². The number of aryl methyl sites for hydroxylation is 1. The smallest absolute Gasteiger partial charge is 0.270 e. The molecule has 0 aliphatic rings. The molecule has 0 fully saturated rings. The number of nitrogens with one attached hydrogen (secondary N) is 1. The first-order chi connectivity index (χ1) is 9.97. The number of halogens is 1. The molecule has 0 bridgehead atoms. The van der Waals surface area contributed by atoms with Crippen LogP contribution >= 0.6 is 22.0 Å². The maximum Gasteiger partial charge on any atom is 0.270 e. The summed E-state index contributed by atoms with van der Waals surface area (Å²) in [6.07, 6.45) is 1.49. The van der Waals surface area contributed by atoms with Crippen LogP contribution in [-0.2, 0) is 15.5 Å². The molecule has 1 aromatic heterocycles. The van der Waals surface area contributed by atoms with Gasteiger partial charge in [-0.3, -0.25) is 4.79 Å². The highest BCUT2D eigenvalue weighted by atomic mass is 35.7. The summed E-state index contributed by atoms with van der Waals surface area (Å²) in [5, 5.41) is 4.47. The minimum Gasteiger partial charge on any atom is -0.351 e. The second kappa shape index (κ2) is 7.02. The van der Waals surface area contributed by atoms with Crippen LogP contribution in [0.1, 0.15) is 22.5 Å². The van der Waals surface area contributed by atoms with E-state index in [1.54, 1.807) is 23.0 Å². The minimum atomic E-state index is -3.67. The zero-order valence-corrected chi connectivity index (χ0v) is 13.3. The number of thiazole rings is 1. The van der Waals surface area contributed by atoms with Gasteiger partial charge < -0.3 is 5.32 Å². The molecule has 1 aromatic carbocycles. The lowest BCUT2D eigenvalue weighted by atomic mass is 10.1. The van der Waals surface area contributed by atoms with Crippen LogP contribution in [0.4, 0.5) is 0 Å². The van der Waals surface area contributed by atoms with Crippen LogP contribution in [0.2, 0.25) is 0 Å². The molecule has 1 N–H and O–H groups in total. The van der Waals surface area contributed by atoms with Gasteiger partial charge in [0.2, 0.25) is 0 Å². The zero-order valence-electron chi connectivity index (χ0n) is 11.0. The fourth-order valence-electron chi connectivity index (χ4n) is 1.73. The number of amides is 1. The van der Waals surface area contributed by atoms with E-state index in [-0.39, 0.29) is 10.8 Å². The van der Waals surface area contributed by atoms with E-state index >= 15 is 0 Å². The summed E-state index contributed by atoms with van der Waals surface area (Å²) in [5.74, 6) is -0.181. The van der Waals surface area contributed by atoms with Crippen molar-refractivity contribution in [2.45, 2.75) is 17.7 Å². The monoisotopic (exact) mass is 344 g/mol. The topological polar surface area (TPSA) is 76.1 Å². The van der Waals surface area contributed by atoms with Crippen molar-refractivity contribution in [2.24, 2.45) is 0 Å². The van der Waals surface area contributed by atoms with Crippen LogP contribution in [0, 0.1) is 0 Å². The standard InChI is InChI=1S/C13H13ClN2O3S2/c14-21(18,19)11-5-3-10(4-6-11)2-1-7-15-13(17)12-8-20-9-16-12/h3-6,8-9H,1-2,7H2,(H,15,17). The third-order valence-electron chi connectivity index (χ3n) is 2.80. The van der Waals surface area contributed by atoms with E-state index in [1.165, 1.54) is 23.5 Å². The quantitative estimate of drug-likeness (QED) is 0.645. The van der Waals surface area contributed by atoms with Crippen molar-refractivity contribution in [3.8, 4) is 0 Å².